The number of hydrogen-bond donors (Lipinski definition) is 1. The Hall–Kier alpha value is -1.93. The maximum atomic E-state index is 13.4. The number of benzene rings is 2. The van der Waals surface area contributed by atoms with Crippen molar-refractivity contribution in [2.75, 3.05) is 0 Å². The van der Waals surface area contributed by atoms with Gasteiger partial charge in [0.2, 0.25) is 10.0 Å². The third kappa shape index (κ3) is 4.29. The predicted molar refractivity (Wildman–Crippen MR) is 76.6 cm³/mol. The molecule has 0 radical (unpaired) electrons. The van der Waals surface area contributed by atoms with Gasteiger partial charge in [-0.25, -0.2) is 17.5 Å². The van der Waals surface area contributed by atoms with Crippen molar-refractivity contribution in [3.8, 4) is 0 Å². The Morgan fingerprint density at radius 2 is 1.78 bits per heavy atom. The van der Waals surface area contributed by atoms with E-state index in [4.69, 9.17) is 0 Å². The van der Waals surface area contributed by atoms with Crippen molar-refractivity contribution in [3.05, 3.63) is 65.0 Å². The van der Waals surface area contributed by atoms with Gasteiger partial charge in [-0.05, 0) is 42.3 Å². The second-order valence-corrected chi connectivity index (χ2v) is 6.70. The molecule has 0 atom stereocenters. The van der Waals surface area contributed by atoms with Gasteiger partial charge in [-0.15, -0.1) is 0 Å². The first-order valence-corrected chi connectivity index (χ1v) is 8.00. The van der Waals surface area contributed by atoms with Crippen LogP contribution in [0.4, 0.5) is 17.6 Å². The molecule has 0 saturated carbocycles. The second kappa shape index (κ2) is 6.29. The van der Waals surface area contributed by atoms with E-state index in [0.717, 1.165) is 18.2 Å². The molecule has 3 nitrogen and oxygen atoms in total. The van der Waals surface area contributed by atoms with Crippen LogP contribution in [0.1, 0.15) is 16.7 Å². The lowest BCUT2D eigenvalue weighted by molar-refractivity contribution is -0.137. The molecule has 0 unspecified atom stereocenters. The predicted octanol–water partition coefficient (Wildman–Crippen LogP) is 3.63. The molecule has 1 N–H and O–H groups in total. The van der Waals surface area contributed by atoms with Crippen molar-refractivity contribution in [2.24, 2.45) is 0 Å². The number of nitrogens with one attached hydrogen (secondary N) is 1. The topological polar surface area (TPSA) is 46.2 Å². The van der Waals surface area contributed by atoms with E-state index in [-0.39, 0.29) is 6.54 Å². The molecule has 0 amide bonds. The van der Waals surface area contributed by atoms with Gasteiger partial charge in [0, 0.05) is 6.54 Å². The fourth-order valence-corrected chi connectivity index (χ4v) is 2.91. The highest BCUT2D eigenvalue weighted by Gasteiger charge is 2.31. The Morgan fingerprint density at radius 3 is 2.39 bits per heavy atom. The van der Waals surface area contributed by atoms with Crippen LogP contribution in [0.25, 0.3) is 0 Å². The lowest BCUT2D eigenvalue weighted by Crippen LogP contribution is -2.23. The summed E-state index contributed by atoms with van der Waals surface area (Å²) in [6.45, 7) is 1.34. The third-order valence-electron chi connectivity index (χ3n) is 3.17. The summed E-state index contributed by atoms with van der Waals surface area (Å²) >= 11 is 0. The summed E-state index contributed by atoms with van der Waals surface area (Å²) in [4.78, 5) is -0.500. The van der Waals surface area contributed by atoms with Crippen molar-refractivity contribution >= 4 is 10.0 Å². The molecule has 0 aliphatic rings. The van der Waals surface area contributed by atoms with Gasteiger partial charge < -0.3 is 0 Å². The molecule has 0 aliphatic carbocycles. The summed E-state index contributed by atoms with van der Waals surface area (Å²) < 4.78 is 77.6. The summed E-state index contributed by atoms with van der Waals surface area (Å²) in [6.07, 6.45) is -4.63. The normalized spacial score (nSPS) is 12.4. The van der Waals surface area contributed by atoms with Gasteiger partial charge in [-0.3, -0.25) is 0 Å². The second-order valence-electron chi connectivity index (χ2n) is 4.93. The molecule has 8 heteroatoms. The molecule has 0 aliphatic heterocycles. The van der Waals surface area contributed by atoms with Crippen LogP contribution in [0.15, 0.2) is 47.4 Å². The molecule has 0 fully saturated rings. The highest BCUT2D eigenvalue weighted by molar-refractivity contribution is 7.89. The van der Waals surface area contributed by atoms with E-state index in [1.807, 2.05) is 0 Å². The highest BCUT2D eigenvalue weighted by atomic mass is 32.2. The summed E-state index contributed by atoms with van der Waals surface area (Å²) in [6, 6.07) is 7.61. The molecule has 2 rings (SSSR count). The molecule has 2 aromatic carbocycles. The van der Waals surface area contributed by atoms with Crippen LogP contribution in [0.2, 0.25) is 0 Å². The van der Waals surface area contributed by atoms with E-state index in [0.29, 0.717) is 17.2 Å². The van der Waals surface area contributed by atoms with Crippen LogP contribution in [-0.2, 0) is 22.7 Å². The largest absolute Gasteiger partial charge is 0.416 e. The van der Waals surface area contributed by atoms with E-state index in [1.165, 1.54) is 18.2 Å². The van der Waals surface area contributed by atoms with Crippen LogP contribution < -0.4 is 4.72 Å². The SMILES string of the molecule is Cc1ccc(CNS(=O)(=O)c2cccc(C(F)(F)F)c2)cc1F. The number of alkyl halides is 3. The smallest absolute Gasteiger partial charge is 0.207 e. The Morgan fingerprint density at radius 1 is 1.09 bits per heavy atom. The van der Waals surface area contributed by atoms with E-state index >= 15 is 0 Å². The minimum absolute atomic E-state index is 0.226. The lowest BCUT2D eigenvalue weighted by Gasteiger charge is -2.10. The first-order chi connectivity index (χ1) is 10.6. The van der Waals surface area contributed by atoms with Crippen molar-refractivity contribution < 1.29 is 26.0 Å². The monoisotopic (exact) mass is 347 g/mol. The van der Waals surface area contributed by atoms with Gasteiger partial charge in [-0.2, -0.15) is 13.2 Å². The van der Waals surface area contributed by atoms with Crippen LogP contribution >= 0.6 is 0 Å². The van der Waals surface area contributed by atoms with Crippen LogP contribution in [0.5, 0.6) is 0 Å². The van der Waals surface area contributed by atoms with Gasteiger partial charge in [0.1, 0.15) is 5.82 Å². The molecule has 0 bridgehead atoms. The standard InChI is InChI=1S/C15H13F4NO2S/c1-10-5-6-11(7-14(10)16)9-20-23(21,22)13-4-2-3-12(8-13)15(17,18)19/h2-8,20H,9H2,1H3. The number of aryl methyl sites for hydroxylation is 1. The van der Waals surface area contributed by atoms with Gasteiger partial charge in [0.25, 0.3) is 0 Å². The number of sulfonamides is 1. The van der Waals surface area contributed by atoms with Crippen LogP contribution in [0, 0.1) is 12.7 Å². The molecule has 2 aromatic rings. The summed E-state index contributed by atoms with van der Waals surface area (Å²) in [5, 5.41) is 0. The Kier molecular flexibility index (Phi) is 4.76. The number of halogens is 4. The Labute approximate surface area is 131 Å². The quantitative estimate of drug-likeness (QED) is 0.859. The van der Waals surface area contributed by atoms with Gasteiger partial charge >= 0.3 is 6.18 Å². The van der Waals surface area contributed by atoms with Crippen molar-refractivity contribution in [1.82, 2.24) is 4.72 Å². The van der Waals surface area contributed by atoms with E-state index in [1.54, 1.807) is 6.92 Å². The minimum Gasteiger partial charge on any atom is -0.207 e. The molecule has 0 aromatic heterocycles. The van der Waals surface area contributed by atoms with E-state index in [2.05, 4.69) is 4.72 Å². The molecule has 0 heterocycles. The Balaban J connectivity index is 2.20. The van der Waals surface area contributed by atoms with Gasteiger partial charge in [0.05, 0.1) is 10.5 Å². The van der Waals surface area contributed by atoms with Crippen LogP contribution in [-0.4, -0.2) is 8.42 Å². The molecule has 124 valence electrons. The molecular formula is C15H13F4NO2S. The van der Waals surface area contributed by atoms with Gasteiger partial charge in [0.15, 0.2) is 0 Å². The molecule has 0 saturated heterocycles. The zero-order chi connectivity index (χ0) is 17.3. The molecule has 0 spiro atoms. The van der Waals surface area contributed by atoms with E-state index < -0.39 is 32.5 Å². The highest BCUT2D eigenvalue weighted by Crippen LogP contribution is 2.30. The molecular weight excluding hydrogens is 334 g/mol. The fraction of sp³-hybridized carbons (Fsp3) is 0.200. The van der Waals surface area contributed by atoms with Gasteiger partial charge in [-0.1, -0.05) is 18.2 Å². The average Bonchev–Trinajstić information content (AvgIpc) is 2.48. The van der Waals surface area contributed by atoms with Crippen molar-refractivity contribution in [3.63, 3.8) is 0 Å². The lowest BCUT2D eigenvalue weighted by atomic mass is 10.1. The number of rotatable bonds is 4. The Bertz CT molecular complexity index is 816. The van der Waals surface area contributed by atoms with Crippen molar-refractivity contribution in [1.29, 1.82) is 0 Å². The van der Waals surface area contributed by atoms with E-state index in [9.17, 15) is 26.0 Å². The van der Waals surface area contributed by atoms with Crippen molar-refractivity contribution in [2.45, 2.75) is 24.5 Å². The fourth-order valence-electron chi connectivity index (χ4n) is 1.85. The zero-order valence-corrected chi connectivity index (χ0v) is 12.8. The molecule has 23 heavy (non-hydrogen) atoms. The average molecular weight is 347 g/mol. The summed E-state index contributed by atoms with van der Waals surface area (Å²) in [5.74, 6) is -0.485. The zero-order valence-electron chi connectivity index (χ0n) is 12.0. The van der Waals surface area contributed by atoms with Crippen LogP contribution in [0.3, 0.4) is 0 Å². The third-order valence-corrected chi connectivity index (χ3v) is 4.57. The summed E-state index contributed by atoms with van der Waals surface area (Å²) in [5.41, 5.74) is -0.278. The maximum Gasteiger partial charge on any atom is 0.416 e. The summed E-state index contributed by atoms with van der Waals surface area (Å²) in [7, 11) is -4.14. The first-order valence-electron chi connectivity index (χ1n) is 6.51. The number of hydrogen-bond acceptors (Lipinski definition) is 2. The maximum absolute atomic E-state index is 13.4. The first kappa shape index (κ1) is 17.4. The minimum atomic E-state index is -4.63.